The molecule has 0 aliphatic rings. The Labute approximate surface area is 81.2 Å². The summed E-state index contributed by atoms with van der Waals surface area (Å²) >= 11 is 1.64. The number of thiazole rings is 1. The number of primary amides is 1. The van der Waals surface area contributed by atoms with Gasteiger partial charge in [0.2, 0.25) is 5.91 Å². The monoisotopic (exact) mass is 199 g/mol. The van der Waals surface area contributed by atoms with Crippen LogP contribution in [0.4, 0.5) is 0 Å². The van der Waals surface area contributed by atoms with Gasteiger partial charge in [-0.3, -0.25) is 4.79 Å². The number of amides is 1. The summed E-state index contributed by atoms with van der Waals surface area (Å²) in [6.45, 7) is 2.96. The first kappa shape index (κ1) is 10.1. The number of nitrogens with zero attached hydrogens (tertiary/aromatic N) is 1. The molecule has 0 bridgehead atoms. The third-order valence-electron chi connectivity index (χ3n) is 1.52. The Kier molecular flexibility index (Phi) is 3.85. The predicted octanol–water partition coefficient (Wildman–Crippen LogP) is 0.0689. The van der Waals surface area contributed by atoms with Crippen molar-refractivity contribution in [1.82, 2.24) is 10.3 Å². The molecule has 0 atom stereocenters. The highest BCUT2D eigenvalue weighted by Gasteiger charge is 1.98. The molecule has 1 heterocycles. The van der Waals surface area contributed by atoms with Gasteiger partial charge in [-0.2, -0.15) is 0 Å². The Balaban J connectivity index is 2.16. The van der Waals surface area contributed by atoms with Crippen LogP contribution in [-0.4, -0.2) is 24.0 Å². The van der Waals surface area contributed by atoms with Crippen LogP contribution >= 0.6 is 11.3 Å². The minimum Gasteiger partial charge on any atom is -0.369 e. The van der Waals surface area contributed by atoms with Gasteiger partial charge in [0.1, 0.15) is 0 Å². The summed E-state index contributed by atoms with van der Waals surface area (Å²) in [7, 11) is 0. The molecule has 0 saturated carbocycles. The lowest BCUT2D eigenvalue weighted by Gasteiger charge is -1.98. The van der Waals surface area contributed by atoms with E-state index in [1.165, 1.54) is 0 Å². The molecule has 72 valence electrons. The fourth-order valence-electron chi connectivity index (χ4n) is 0.951. The molecule has 1 aromatic heterocycles. The first-order valence-corrected chi connectivity index (χ1v) is 4.96. The van der Waals surface area contributed by atoms with Gasteiger partial charge in [-0.25, -0.2) is 4.98 Å². The van der Waals surface area contributed by atoms with E-state index in [4.69, 9.17) is 5.73 Å². The van der Waals surface area contributed by atoms with E-state index in [0.717, 1.165) is 23.7 Å². The van der Waals surface area contributed by atoms with Crippen molar-refractivity contribution in [3.05, 3.63) is 16.1 Å². The Morgan fingerprint density at radius 3 is 3.08 bits per heavy atom. The van der Waals surface area contributed by atoms with Crippen molar-refractivity contribution in [2.24, 2.45) is 5.73 Å². The zero-order valence-corrected chi connectivity index (χ0v) is 8.36. The lowest BCUT2D eigenvalue weighted by atomic mass is 10.3. The van der Waals surface area contributed by atoms with E-state index in [9.17, 15) is 4.79 Å². The zero-order valence-electron chi connectivity index (χ0n) is 7.54. The fraction of sp³-hybridized carbons (Fsp3) is 0.500. The molecule has 1 aromatic rings. The summed E-state index contributed by atoms with van der Waals surface area (Å²) in [4.78, 5) is 14.7. The van der Waals surface area contributed by atoms with Gasteiger partial charge in [-0.05, 0) is 6.92 Å². The summed E-state index contributed by atoms with van der Waals surface area (Å²) < 4.78 is 0. The van der Waals surface area contributed by atoms with Crippen LogP contribution in [0.1, 0.15) is 10.7 Å². The predicted molar refractivity (Wildman–Crippen MR) is 52.6 cm³/mol. The molecule has 0 unspecified atom stereocenters. The number of carbonyl (C=O) groups excluding carboxylic acids is 1. The van der Waals surface area contributed by atoms with Crippen molar-refractivity contribution in [3.8, 4) is 0 Å². The Bertz CT molecular complexity index is 285. The molecule has 0 aliphatic heterocycles. The van der Waals surface area contributed by atoms with Gasteiger partial charge in [0.15, 0.2) is 0 Å². The van der Waals surface area contributed by atoms with E-state index in [1.54, 1.807) is 11.3 Å². The van der Waals surface area contributed by atoms with Crippen molar-refractivity contribution < 1.29 is 4.79 Å². The Morgan fingerprint density at radius 1 is 1.77 bits per heavy atom. The molecule has 0 spiro atoms. The minimum atomic E-state index is -0.325. The molecule has 5 heteroatoms. The van der Waals surface area contributed by atoms with Gasteiger partial charge in [0.25, 0.3) is 0 Å². The van der Waals surface area contributed by atoms with Crippen LogP contribution in [-0.2, 0) is 11.2 Å². The number of nitrogens with one attached hydrogen (secondary N) is 1. The molecule has 1 amide bonds. The highest BCUT2D eigenvalue weighted by Crippen LogP contribution is 2.07. The largest absolute Gasteiger partial charge is 0.369 e. The molecular weight excluding hydrogens is 186 g/mol. The average Bonchev–Trinajstić information content (AvgIpc) is 2.45. The maximum Gasteiger partial charge on any atom is 0.231 e. The van der Waals surface area contributed by atoms with E-state index in [-0.39, 0.29) is 12.5 Å². The van der Waals surface area contributed by atoms with Gasteiger partial charge in [0, 0.05) is 18.3 Å². The Hall–Kier alpha value is -0.940. The van der Waals surface area contributed by atoms with Gasteiger partial charge in [-0.15, -0.1) is 11.3 Å². The molecule has 3 N–H and O–H groups in total. The minimum absolute atomic E-state index is 0.239. The normalized spacial score (nSPS) is 10.2. The molecule has 0 aromatic carbocycles. The summed E-state index contributed by atoms with van der Waals surface area (Å²) in [6, 6.07) is 0. The van der Waals surface area contributed by atoms with Crippen LogP contribution in [0.15, 0.2) is 5.38 Å². The van der Waals surface area contributed by atoms with Crippen LogP contribution in [0.3, 0.4) is 0 Å². The maximum atomic E-state index is 10.4. The first-order valence-electron chi connectivity index (χ1n) is 4.08. The number of nitrogens with two attached hydrogens (primary N) is 1. The standard InChI is InChI=1S/C8H13N3OS/c1-6-11-7(5-13-6)2-3-10-4-8(9)12/h5,10H,2-4H2,1H3,(H2,9,12). The SMILES string of the molecule is Cc1nc(CCNCC(N)=O)cs1. The van der Waals surface area contributed by atoms with Crippen molar-refractivity contribution in [1.29, 1.82) is 0 Å². The molecule has 0 saturated heterocycles. The van der Waals surface area contributed by atoms with Crippen LogP contribution in [0.2, 0.25) is 0 Å². The second-order valence-corrected chi connectivity index (χ2v) is 3.81. The van der Waals surface area contributed by atoms with Gasteiger partial charge >= 0.3 is 0 Å². The third-order valence-corrected chi connectivity index (χ3v) is 2.35. The highest BCUT2D eigenvalue weighted by atomic mass is 32.1. The second-order valence-electron chi connectivity index (χ2n) is 2.75. The summed E-state index contributed by atoms with van der Waals surface area (Å²) in [5.41, 5.74) is 6.03. The van der Waals surface area contributed by atoms with Gasteiger partial charge in [0.05, 0.1) is 17.2 Å². The highest BCUT2D eigenvalue weighted by molar-refractivity contribution is 7.09. The van der Waals surface area contributed by atoms with Gasteiger partial charge in [-0.1, -0.05) is 0 Å². The third kappa shape index (κ3) is 4.00. The van der Waals surface area contributed by atoms with E-state index in [2.05, 4.69) is 10.3 Å². The fourth-order valence-corrected chi connectivity index (χ4v) is 1.60. The van der Waals surface area contributed by atoms with E-state index in [0.29, 0.717) is 0 Å². The number of carbonyl (C=O) groups is 1. The average molecular weight is 199 g/mol. The molecule has 13 heavy (non-hydrogen) atoms. The molecule has 1 rings (SSSR count). The molecule has 0 radical (unpaired) electrons. The van der Waals surface area contributed by atoms with Crippen LogP contribution in [0.25, 0.3) is 0 Å². The van der Waals surface area contributed by atoms with Crippen LogP contribution < -0.4 is 11.1 Å². The first-order chi connectivity index (χ1) is 6.18. The van der Waals surface area contributed by atoms with Crippen molar-refractivity contribution in [2.45, 2.75) is 13.3 Å². The number of aromatic nitrogens is 1. The molecular formula is C8H13N3OS. The smallest absolute Gasteiger partial charge is 0.231 e. The number of hydrogen-bond acceptors (Lipinski definition) is 4. The van der Waals surface area contributed by atoms with Crippen LogP contribution in [0.5, 0.6) is 0 Å². The molecule has 4 nitrogen and oxygen atoms in total. The summed E-state index contributed by atoms with van der Waals surface area (Å²) in [6.07, 6.45) is 0.845. The molecule has 0 aliphatic carbocycles. The zero-order chi connectivity index (χ0) is 9.68. The van der Waals surface area contributed by atoms with E-state index in [1.807, 2.05) is 12.3 Å². The number of aryl methyl sites for hydroxylation is 1. The van der Waals surface area contributed by atoms with Crippen molar-refractivity contribution in [3.63, 3.8) is 0 Å². The van der Waals surface area contributed by atoms with E-state index >= 15 is 0 Å². The second kappa shape index (κ2) is 4.94. The van der Waals surface area contributed by atoms with Crippen LogP contribution in [0, 0.1) is 6.92 Å². The topological polar surface area (TPSA) is 68.0 Å². The number of rotatable bonds is 5. The molecule has 0 fully saturated rings. The van der Waals surface area contributed by atoms with Crippen molar-refractivity contribution >= 4 is 17.2 Å². The van der Waals surface area contributed by atoms with Gasteiger partial charge < -0.3 is 11.1 Å². The number of hydrogen-bond donors (Lipinski definition) is 2. The van der Waals surface area contributed by atoms with E-state index < -0.39 is 0 Å². The van der Waals surface area contributed by atoms with Crippen molar-refractivity contribution in [2.75, 3.05) is 13.1 Å². The lowest BCUT2D eigenvalue weighted by Crippen LogP contribution is -2.29. The Morgan fingerprint density at radius 2 is 2.54 bits per heavy atom. The summed E-state index contributed by atoms with van der Waals surface area (Å²) in [5.74, 6) is -0.325. The summed E-state index contributed by atoms with van der Waals surface area (Å²) in [5, 5.41) is 6.04. The lowest BCUT2D eigenvalue weighted by molar-refractivity contribution is -0.117. The quantitative estimate of drug-likeness (QED) is 0.659. The maximum absolute atomic E-state index is 10.4.